The summed E-state index contributed by atoms with van der Waals surface area (Å²) in [4.78, 5) is 31.8. The number of nitrogens with zero attached hydrogens (tertiary/aromatic N) is 2. The summed E-state index contributed by atoms with van der Waals surface area (Å²) in [6.07, 6.45) is 8.87. The standard InChI is InChI=1S/C30H32N2O4S/c1-4-6-10-20-36-24-18-16-23(17-19-24)27-26(29(34)35-5-2)21(3)31-30-32(27)28(33)25(37-30)15-11-14-22-12-8-7-9-13-22/h7-9,11-19,27H,4-6,10,20H2,1-3H3/b14-11+,25-15-. The molecule has 2 aromatic carbocycles. The highest BCUT2D eigenvalue weighted by Gasteiger charge is 2.33. The van der Waals surface area contributed by atoms with Crippen LogP contribution in [0, 0.1) is 0 Å². The zero-order valence-corrected chi connectivity index (χ0v) is 22.3. The maximum absolute atomic E-state index is 13.6. The summed E-state index contributed by atoms with van der Waals surface area (Å²) in [5.74, 6) is 0.295. The van der Waals surface area contributed by atoms with Gasteiger partial charge >= 0.3 is 5.97 Å². The first-order valence-corrected chi connectivity index (χ1v) is 13.5. The Morgan fingerprint density at radius 3 is 2.54 bits per heavy atom. The van der Waals surface area contributed by atoms with Crippen LogP contribution in [-0.4, -0.2) is 23.8 Å². The second kappa shape index (κ2) is 12.5. The average molecular weight is 517 g/mol. The Morgan fingerprint density at radius 2 is 1.84 bits per heavy atom. The number of fused-ring (bicyclic) bond motifs is 1. The van der Waals surface area contributed by atoms with Crippen LogP contribution in [0.3, 0.4) is 0 Å². The van der Waals surface area contributed by atoms with Gasteiger partial charge in [0.15, 0.2) is 4.80 Å². The zero-order valence-electron chi connectivity index (χ0n) is 21.5. The van der Waals surface area contributed by atoms with Crippen LogP contribution in [0.25, 0.3) is 12.2 Å². The third-order valence-corrected chi connectivity index (χ3v) is 7.07. The van der Waals surface area contributed by atoms with Crippen molar-refractivity contribution in [2.45, 2.75) is 46.1 Å². The van der Waals surface area contributed by atoms with Gasteiger partial charge < -0.3 is 9.47 Å². The lowest BCUT2D eigenvalue weighted by atomic mass is 9.96. The van der Waals surface area contributed by atoms with Gasteiger partial charge in [0, 0.05) is 0 Å². The van der Waals surface area contributed by atoms with E-state index in [1.807, 2.05) is 66.7 Å². The van der Waals surface area contributed by atoms with Gasteiger partial charge in [-0.25, -0.2) is 9.79 Å². The molecule has 1 aromatic heterocycles. The largest absolute Gasteiger partial charge is 0.494 e. The smallest absolute Gasteiger partial charge is 0.338 e. The molecular weight excluding hydrogens is 484 g/mol. The van der Waals surface area contributed by atoms with Crippen molar-refractivity contribution in [1.29, 1.82) is 0 Å². The first-order valence-electron chi connectivity index (χ1n) is 12.7. The molecule has 0 saturated heterocycles. The third kappa shape index (κ3) is 6.17. The number of carbonyl (C=O) groups is 1. The molecule has 1 atom stereocenters. The molecule has 37 heavy (non-hydrogen) atoms. The van der Waals surface area contributed by atoms with Crippen LogP contribution in [0.4, 0.5) is 0 Å². The second-order valence-corrected chi connectivity index (χ2v) is 9.73. The van der Waals surface area contributed by atoms with E-state index in [2.05, 4.69) is 11.9 Å². The van der Waals surface area contributed by atoms with Gasteiger partial charge in [-0.1, -0.05) is 85.7 Å². The number of aromatic nitrogens is 1. The Hall–Kier alpha value is -3.71. The SMILES string of the molecule is CCCCCOc1ccc(C2C(C(=O)OCC)=C(C)N=c3s/c(=C\C=C\c4ccccc4)c(=O)n32)cc1. The third-order valence-electron chi connectivity index (χ3n) is 6.07. The number of hydrogen-bond acceptors (Lipinski definition) is 6. The number of ether oxygens (including phenoxy) is 2. The highest BCUT2D eigenvalue weighted by molar-refractivity contribution is 7.07. The number of rotatable bonds is 10. The second-order valence-electron chi connectivity index (χ2n) is 8.72. The summed E-state index contributed by atoms with van der Waals surface area (Å²) in [6, 6.07) is 16.8. The number of carbonyl (C=O) groups excluding carboxylic acids is 1. The fourth-order valence-corrected chi connectivity index (χ4v) is 5.22. The van der Waals surface area contributed by atoms with E-state index in [1.165, 1.54) is 11.3 Å². The quantitative estimate of drug-likeness (QED) is 0.280. The lowest BCUT2D eigenvalue weighted by Crippen LogP contribution is -2.39. The van der Waals surface area contributed by atoms with Crippen molar-refractivity contribution in [2.24, 2.45) is 4.99 Å². The monoisotopic (exact) mass is 516 g/mol. The molecule has 0 radical (unpaired) electrons. The summed E-state index contributed by atoms with van der Waals surface area (Å²) >= 11 is 1.31. The Bertz CT molecular complexity index is 1460. The van der Waals surface area contributed by atoms with E-state index >= 15 is 0 Å². The summed E-state index contributed by atoms with van der Waals surface area (Å²) < 4.78 is 13.4. The predicted molar refractivity (Wildman–Crippen MR) is 148 cm³/mol. The molecule has 1 aliphatic rings. The summed E-state index contributed by atoms with van der Waals surface area (Å²) in [7, 11) is 0. The molecule has 1 aliphatic heterocycles. The van der Waals surface area contributed by atoms with E-state index in [0.29, 0.717) is 27.2 Å². The molecule has 0 amide bonds. The molecule has 0 bridgehead atoms. The molecule has 6 nitrogen and oxygen atoms in total. The maximum Gasteiger partial charge on any atom is 0.338 e. The first kappa shape index (κ1) is 26.4. The average Bonchev–Trinajstić information content (AvgIpc) is 3.21. The van der Waals surface area contributed by atoms with Gasteiger partial charge in [-0.15, -0.1) is 0 Å². The summed E-state index contributed by atoms with van der Waals surface area (Å²) in [6.45, 7) is 6.61. The zero-order chi connectivity index (χ0) is 26.2. The Kier molecular flexibility index (Phi) is 8.90. The molecule has 7 heteroatoms. The van der Waals surface area contributed by atoms with Crippen molar-refractivity contribution >= 4 is 29.5 Å². The van der Waals surface area contributed by atoms with Gasteiger partial charge in [0.2, 0.25) is 0 Å². The topological polar surface area (TPSA) is 69.9 Å². The highest BCUT2D eigenvalue weighted by Crippen LogP contribution is 2.31. The molecule has 4 rings (SSSR count). The number of esters is 1. The number of hydrogen-bond donors (Lipinski definition) is 0. The van der Waals surface area contributed by atoms with E-state index in [1.54, 1.807) is 24.5 Å². The van der Waals surface area contributed by atoms with Crippen molar-refractivity contribution in [3.63, 3.8) is 0 Å². The minimum absolute atomic E-state index is 0.194. The molecule has 1 unspecified atom stereocenters. The Balaban J connectivity index is 1.73. The number of allylic oxidation sites excluding steroid dienone is 2. The van der Waals surface area contributed by atoms with Crippen LogP contribution in [0.2, 0.25) is 0 Å². The highest BCUT2D eigenvalue weighted by atomic mass is 32.1. The van der Waals surface area contributed by atoms with Gasteiger partial charge in [-0.05, 0) is 49.6 Å². The molecule has 3 aromatic rings. The lowest BCUT2D eigenvalue weighted by Gasteiger charge is -2.24. The summed E-state index contributed by atoms with van der Waals surface area (Å²) in [5.41, 5.74) is 2.57. The van der Waals surface area contributed by atoms with Crippen LogP contribution in [0.1, 0.15) is 57.2 Å². The maximum atomic E-state index is 13.6. The number of thiazole rings is 1. The van der Waals surface area contributed by atoms with Crippen LogP contribution in [0.5, 0.6) is 5.75 Å². The molecule has 0 saturated carbocycles. The summed E-state index contributed by atoms with van der Waals surface area (Å²) in [5, 5.41) is 0. The number of unbranched alkanes of at least 4 members (excludes halogenated alkanes) is 2. The number of benzene rings is 2. The van der Waals surface area contributed by atoms with Gasteiger partial charge in [-0.2, -0.15) is 0 Å². The van der Waals surface area contributed by atoms with Gasteiger partial charge in [-0.3, -0.25) is 9.36 Å². The van der Waals surface area contributed by atoms with Crippen molar-refractivity contribution in [1.82, 2.24) is 4.57 Å². The van der Waals surface area contributed by atoms with E-state index in [-0.39, 0.29) is 12.2 Å². The van der Waals surface area contributed by atoms with Crippen molar-refractivity contribution in [2.75, 3.05) is 13.2 Å². The van der Waals surface area contributed by atoms with Gasteiger partial charge in [0.1, 0.15) is 5.75 Å². The van der Waals surface area contributed by atoms with Crippen LogP contribution in [0.15, 0.2) is 81.7 Å². The van der Waals surface area contributed by atoms with E-state index in [0.717, 1.165) is 36.1 Å². The molecule has 192 valence electrons. The first-order chi connectivity index (χ1) is 18.0. The van der Waals surface area contributed by atoms with Crippen molar-refractivity contribution in [3.8, 4) is 5.75 Å². The predicted octanol–water partition coefficient (Wildman–Crippen LogP) is 5.03. The fraction of sp³-hybridized carbons (Fsp3) is 0.300. The van der Waals surface area contributed by atoms with Crippen molar-refractivity contribution in [3.05, 3.63) is 103 Å². The molecular formula is C30H32N2O4S. The van der Waals surface area contributed by atoms with Crippen molar-refractivity contribution < 1.29 is 14.3 Å². The van der Waals surface area contributed by atoms with E-state index in [9.17, 15) is 9.59 Å². The molecule has 0 aliphatic carbocycles. The van der Waals surface area contributed by atoms with Crippen LogP contribution < -0.4 is 19.6 Å². The lowest BCUT2D eigenvalue weighted by molar-refractivity contribution is -0.139. The molecule has 2 heterocycles. The van der Waals surface area contributed by atoms with E-state index < -0.39 is 12.0 Å². The Morgan fingerprint density at radius 1 is 1.08 bits per heavy atom. The minimum Gasteiger partial charge on any atom is -0.494 e. The minimum atomic E-state index is -0.635. The van der Waals surface area contributed by atoms with Gasteiger partial charge in [0.25, 0.3) is 5.56 Å². The normalized spacial score (nSPS) is 15.5. The molecule has 0 fully saturated rings. The van der Waals surface area contributed by atoms with Gasteiger partial charge in [0.05, 0.1) is 35.1 Å². The van der Waals surface area contributed by atoms with Crippen LogP contribution in [-0.2, 0) is 9.53 Å². The van der Waals surface area contributed by atoms with Crippen LogP contribution >= 0.6 is 11.3 Å². The van der Waals surface area contributed by atoms with E-state index in [4.69, 9.17) is 9.47 Å². The molecule has 0 N–H and O–H groups in total. The Labute approximate surface area is 220 Å². The fourth-order valence-electron chi connectivity index (χ4n) is 4.22. The molecule has 0 spiro atoms.